The Kier molecular flexibility index (Phi) is 4.77. The number of amides is 2. The summed E-state index contributed by atoms with van der Waals surface area (Å²) in [4.78, 5) is 25.2. The molecule has 1 fully saturated rings. The molecule has 20 heavy (non-hydrogen) atoms. The highest BCUT2D eigenvalue weighted by Gasteiger charge is 2.24. The van der Waals surface area contributed by atoms with Crippen LogP contribution in [0.1, 0.15) is 41.6 Å². The Morgan fingerprint density at radius 3 is 2.65 bits per heavy atom. The third-order valence-corrected chi connectivity index (χ3v) is 3.90. The molecule has 0 bridgehead atoms. The van der Waals surface area contributed by atoms with Gasteiger partial charge in [-0.1, -0.05) is 17.7 Å². The fourth-order valence-corrected chi connectivity index (χ4v) is 2.71. The van der Waals surface area contributed by atoms with Gasteiger partial charge >= 0.3 is 0 Å². The predicted molar refractivity (Wildman–Crippen MR) is 78.2 cm³/mol. The van der Waals surface area contributed by atoms with Crippen molar-refractivity contribution in [1.29, 1.82) is 0 Å². The number of nitrogens with zero attached hydrogens (tertiary/aromatic N) is 1. The first-order chi connectivity index (χ1) is 9.56. The second-order valence-electron chi connectivity index (χ2n) is 5.63. The summed E-state index contributed by atoms with van der Waals surface area (Å²) in [5.74, 6) is 0.228. The topological polar surface area (TPSA) is 63.4 Å². The van der Waals surface area contributed by atoms with Crippen molar-refractivity contribution in [2.45, 2.75) is 32.6 Å². The first-order valence-corrected chi connectivity index (χ1v) is 7.20. The largest absolute Gasteiger partial charge is 0.370 e. The molecular weight excluding hydrogens is 252 g/mol. The van der Waals surface area contributed by atoms with E-state index in [9.17, 15) is 9.59 Å². The van der Waals surface area contributed by atoms with Crippen LogP contribution >= 0.6 is 0 Å². The van der Waals surface area contributed by atoms with E-state index < -0.39 is 0 Å². The summed E-state index contributed by atoms with van der Waals surface area (Å²) in [7, 11) is 0. The van der Waals surface area contributed by atoms with E-state index in [4.69, 9.17) is 5.73 Å². The minimum Gasteiger partial charge on any atom is -0.370 e. The smallest absolute Gasteiger partial charge is 0.253 e. The Bertz CT molecular complexity index is 482. The first-order valence-electron chi connectivity index (χ1n) is 7.20. The standard InChI is InChI=1S/C16H22N2O2/c1-12-4-7-14(8-5-12)16(20)18-10-2-3-13(11-18)6-9-15(17)19/h4-5,7-8,13H,2-3,6,9-11H2,1H3,(H2,17,19)/t13-/m0/s1. The number of likely N-dealkylation sites (tertiary alicyclic amines) is 1. The fraction of sp³-hybridized carbons (Fsp3) is 0.500. The highest BCUT2D eigenvalue weighted by atomic mass is 16.2. The molecule has 0 unspecified atom stereocenters. The van der Waals surface area contributed by atoms with Crippen LogP contribution in [-0.2, 0) is 4.79 Å². The van der Waals surface area contributed by atoms with Crippen molar-refractivity contribution in [1.82, 2.24) is 4.90 Å². The van der Waals surface area contributed by atoms with E-state index >= 15 is 0 Å². The van der Waals surface area contributed by atoms with E-state index in [2.05, 4.69) is 0 Å². The molecule has 0 saturated carbocycles. The summed E-state index contributed by atoms with van der Waals surface area (Å²) in [6, 6.07) is 7.68. The number of piperidine rings is 1. The molecular formula is C16H22N2O2. The van der Waals surface area contributed by atoms with Crippen LogP contribution in [0.4, 0.5) is 0 Å². The summed E-state index contributed by atoms with van der Waals surface area (Å²) < 4.78 is 0. The van der Waals surface area contributed by atoms with E-state index in [1.165, 1.54) is 0 Å². The monoisotopic (exact) mass is 274 g/mol. The molecule has 1 heterocycles. The Labute approximate surface area is 119 Å². The molecule has 1 aliphatic rings. The number of hydrogen-bond acceptors (Lipinski definition) is 2. The summed E-state index contributed by atoms with van der Waals surface area (Å²) in [5, 5.41) is 0. The second-order valence-corrected chi connectivity index (χ2v) is 5.63. The highest BCUT2D eigenvalue weighted by molar-refractivity contribution is 5.94. The lowest BCUT2D eigenvalue weighted by molar-refractivity contribution is -0.118. The van der Waals surface area contributed by atoms with Crippen LogP contribution in [0.3, 0.4) is 0 Å². The van der Waals surface area contributed by atoms with Gasteiger partial charge in [0.15, 0.2) is 0 Å². The van der Waals surface area contributed by atoms with E-state index in [0.717, 1.165) is 43.5 Å². The van der Waals surface area contributed by atoms with Crippen LogP contribution in [0.5, 0.6) is 0 Å². The minimum absolute atomic E-state index is 0.0915. The van der Waals surface area contributed by atoms with Gasteiger partial charge in [-0.3, -0.25) is 9.59 Å². The Morgan fingerprint density at radius 2 is 2.00 bits per heavy atom. The third-order valence-electron chi connectivity index (χ3n) is 3.90. The lowest BCUT2D eigenvalue weighted by atomic mass is 9.93. The zero-order valence-electron chi connectivity index (χ0n) is 12.0. The van der Waals surface area contributed by atoms with Gasteiger partial charge < -0.3 is 10.6 Å². The average molecular weight is 274 g/mol. The van der Waals surface area contributed by atoms with Gasteiger partial charge in [-0.25, -0.2) is 0 Å². The highest BCUT2D eigenvalue weighted by Crippen LogP contribution is 2.22. The average Bonchev–Trinajstić information content (AvgIpc) is 2.45. The molecule has 0 aromatic heterocycles. The molecule has 1 saturated heterocycles. The molecule has 2 N–H and O–H groups in total. The lowest BCUT2D eigenvalue weighted by Gasteiger charge is -2.32. The van der Waals surface area contributed by atoms with Crippen LogP contribution in [0.25, 0.3) is 0 Å². The van der Waals surface area contributed by atoms with E-state index in [1.54, 1.807) is 0 Å². The molecule has 4 nitrogen and oxygen atoms in total. The number of hydrogen-bond donors (Lipinski definition) is 1. The second kappa shape index (κ2) is 6.55. The van der Waals surface area contributed by atoms with Gasteiger partial charge in [0.2, 0.25) is 5.91 Å². The van der Waals surface area contributed by atoms with Gasteiger partial charge in [-0.05, 0) is 44.2 Å². The van der Waals surface area contributed by atoms with Crippen molar-refractivity contribution in [3.63, 3.8) is 0 Å². The summed E-state index contributed by atoms with van der Waals surface area (Å²) in [6.07, 6.45) is 3.27. The third kappa shape index (κ3) is 3.83. The Hall–Kier alpha value is -1.84. The molecule has 2 amide bonds. The van der Waals surface area contributed by atoms with Gasteiger partial charge in [-0.15, -0.1) is 0 Å². The van der Waals surface area contributed by atoms with Gasteiger partial charge in [-0.2, -0.15) is 0 Å². The maximum atomic E-state index is 12.4. The molecule has 108 valence electrons. The maximum absolute atomic E-state index is 12.4. The summed E-state index contributed by atoms with van der Waals surface area (Å²) in [5.41, 5.74) is 7.08. The number of rotatable bonds is 4. The van der Waals surface area contributed by atoms with Crippen LogP contribution in [0.15, 0.2) is 24.3 Å². The summed E-state index contributed by atoms with van der Waals surface area (Å²) in [6.45, 7) is 3.55. The fourth-order valence-electron chi connectivity index (χ4n) is 2.71. The maximum Gasteiger partial charge on any atom is 0.253 e. The van der Waals surface area contributed by atoms with Gasteiger partial charge in [0, 0.05) is 25.1 Å². The van der Waals surface area contributed by atoms with Crippen LogP contribution in [-0.4, -0.2) is 29.8 Å². The number of nitrogens with two attached hydrogens (primary N) is 1. The molecule has 0 spiro atoms. The molecule has 0 radical (unpaired) electrons. The number of primary amides is 1. The van der Waals surface area contributed by atoms with Crippen molar-refractivity contribution in [3.8, 4) is 0 Å². The molecule has 0 aliphatic carbocycles. The molecule has 1 aliphatic heterocycles. The zero-order valence-corrected chi connectivity index (χ0v) is 12.0. The van der Waals surface area contributed by atoms with Crippen molar-refractivity contribution in [2.75, 3.05) is 13.1 Å². The molecule has 4 heteroatoms. The first kappa shape index (κ1) is 14.6. The number of carbonyl (C=O) groups is 2. The van der Waals surface area contributed by atoms with Gasteiger partial charge in [0.1, 0.15) is 0 Å². The van der Waals surface area contributed by atoms with Crippen molar-refractivity contribution >= 4 is 11.8 Å². The number of benzene rings is 1. The van der Waals surface area contributed by atoms with Gasteiger partial charge in [0.05, 0.1) is 0 Å². The zero-order chi connectivity index (χ0) is 14.5. The Morgan fingerprint density at radius 1 is 1.30 bits per heavy atom. The summed E-state index contributed by atoms with van der Waals surface area (Å²) >= 11 is 0. The number of aryl methyl sites for hydroxylation is 1. The van der Waals surface area contributed by atoms with Crippen LogP contribution in [0.2, 0.25) is 0 Å². The normalized spacial score (nSPS) is 18.9. The quantitative estimate of drug-likeness (QED) is 0.914. The molecule has 2 rings (SSSR count). The lowest BCUT2D eigenvalue weighted by Crippen LogP contribution is -2.40. The van der Waals surface area contributed by atoms with Gasteiger partial charge in [0.25, 0.3) is 5.91 Å². The molecule has 1 atom stereocenters. The molecule has 1 aromatic rings. The van der Waals surface area contributed by atoms with Crippen LogP contribution < -0.4 is 5.73 Å². The number of carbonyl (C=O) groups excluding carboxylic acids is 2. The van der Waals surface area contributed by atoms with E-state index in [0.29, 0.717) is 12.3 Å². The van der Waals surface area contributed by atoms with Crippen molar-refractivity contribution in [2.24, 2.45) is 11.7 Å². The van der Waals surface area contributed by atoms with E-state index in [1.807, 2.05) is 36.1 Å². The van der Waals surface area contributed by atoms with Crippen molar-refractivity contribution in [3.05, 3.63) is 35.4 Å². The SMILES string of the molecule is Cc1ccc(C(=O)N2CCC[C@@H](CCC(N)=O)C2)cc1. The van der Waals surface area contributed by atoms with E-state index in [-0.39, 0.29) is 11.8 Å². The minimum atomic E-state index is -0.257. The van der Waals surface area contributed by atoms with Crippen molar-refractivity contribution < 1.29 is 9.59 Å². The van der Waals surface area contributed by atoms with Crippen LogP contribution in [0, 0.1) is 12.8 Å². The predicted octanol–water partition coefficient (Wildman–Crippen LogP) is 2.11. The molecule has 1 aromatic carbocycles. The Balaban J connectivity index is 1.96.